The Balaban J connectivity index is 1.59. The Morgan fingerprint density at radius 1 is 0.968 bits per heavy atom. The summed E-state index contributed by atoms with van der Waals surface area (Å²) in [6.45, 7) is 21.5. The molecule has 2 fully saturated rings. The van der Waals surface area contributed by atoms with Crippen LogP contribution in [0.25, 0.3) is 0 Å². The van der Waals surface area contributed by atoms with E-state index >= 15 is 0 Å². The van der Waals surface area contributed by atoms with E-state index in [2.05, 4.69) is 55.0 Å². The van der Waals surface area contributed by atoms with Gasteiger partial charge >= 0.3 is 0 Å². The third-order valence-corrected chi connectivity index (χ3v) is 11.8. The molecule has 0 spiro atoms. The van der Waals surface area contributed by atoms with Crippen molar-refractivity contribution in [2.24, 2.45) is 39.4 Å². The van der Waals surface area contributed by atoms with Gasteiger partial charge in [-0.25, -0.2) is 0 Å². The molecule has 0 aromatic carbocycles. The summed E-state index contributed by atoms with van der Waals surface area (Å²) in [7, 11) is 0. The second kappa shape index (κ2) is 7.75. The highest BCUT2D eigenvalue weighted by Crippen LogP contribution is 2.72. The lowest BCUT2D eigenvalue weighted by molar-refractivity contribution is -0.0957. The fourth-order valence-corrected chi connectivity index (χ4v) is 9.12. The zero-order chi connectivity index (χ0) is 22.8. The molecular weight excluding hydrogens is 376 g/mol. The van der Waals surface area contributed by atoms with E-state index in [1.165, 1.54) is 69.8 Å². The van der Waals surface area contributed by atoms with Crippen molar-refractivity contribution in [2.75, 3.05) is 0 Å². The van der Waals surface area contributed by atoms with Crippen LogP contribution in [0.2, 0.25) is 0 Å². The second-order valence-corrected chi connectivity index (χ2v) is 13.5. The van der Waals surface area contributed by atoms with Crippen LogP contribution in [0.3, 0.4) is 0 Å². The Morgan fingerprint density at radius 3 is 2.35 bits per heavy atom. The lowest BCUT2D eigenvalue weighted by Crippen LogP contribution is -2.54. The molecule has 4 rings (SSSR count). The predicted octanol–water partition coefficient (Wildman–Crippen LogP) is 8.48. The SMILES string of the molecule is C=C(CCCC1CC[C@@]2(C)C3=C(CC[C@]12C)[C@@]1(C)CC[C@H](O)C(C)(C)C1CC3)C(C)C. The number of allylic oxidation sites excluding steroid dienone is 3. The lowest BCUT2D eigenvalue weighted by atomic mass is 9.43. The summed E-state index contributed by atoms with van der Waals surface area (Å²) >= 11 is 0. The molecule has 0 radical (unpaired) electrons. The van der Waals surface area contributed by atoms with Crippen molar-refractivity contribution < 1.29 is 5.11 Å². The minimum atomic E-state index is -0.131. The van der Waals surface area contributed by atoms with Crippen LogP contribution < -0.4 is 0 Å². The summed E-state index contributed by atoms with van der Waals surface area (Å²) in [6, 6.07) is 0. The first-order valence-corrected chi connectivity index (χ1v) is 13.5. The summed E-state index contributed by atoms with van der Waals surface area (Å²) in [6.07, 6.45) is 14.0. The number of hydrogen-bond acceptors (Lipinski definition) is 1. The van der Waals surface area contributed by atoms with Gasteiger partial charge in [-0.05, 0) is 110 Å². The third kappa shape index (κ3) is 3.34. The van der Waals surface area contributed by atoms with Gasteiger partial charge in [0, 0.05) is 0 Å². The van der Waals surface area contributed by atoms with Gasteiger partial charge in [0.25, 0.3) is 0 Å². The van der Waals surface area contributed by atoms with E-state index < -0.39 is 0 Å². The number of aliphatic hydroxyl groups is 1. The van der Waals surface area contributed by atoms with Crippen LogP contribution in [0.4, 0.5) is 0 Å². The molecule has 176 valence electrons. The summed E-state index contributed by atoms with van der Waals surface area (Å²) in [5.41, 5.74) is 6.39. The van der Waals surface area contributed by atoms with Crippen LogP contribution in [0.5, 0.6) is 0 Å². The van der Waals surface area contributed by atoms with E-state index in [9.17, 15) is 5.11 Å². The van der Waals surface area contributed by atoms with Gasteiger partial charge in [0.1, 0.15) is 0 Å². The van der Waals surface area contributed by atoms with Crippen molar-refractivity contribution >= 4 is 0 Å². The molecule has 1 heteroatoms. The van der Waals surface area contributed by atoms with E-state index in [4.69, 9.17) is 0 Å². The quantitative estimate of drug-likeness (QED) is 0.437. The Labute approximate surface area is 193 Å². The second-order valence-electron chi connectivity index (χ2n) is 13.5. The molecule has 0 aromatic heterocycles. The maximum Gasteiger partial charge on any atom is 0.0594 e. The maximum atomic E-state index is 10.8. The highest BCUT2D eigenvalue weighted by atomic mass is 16.3. The molecule has 0 amide bonds. The van der Waals surface area contributed by atoms with Crippen LogP contribution in [0.1, 0.15) is 119 Å². The molecule has 31 heavy (non-hydrogen) atoms. The van der Waals surface area contributed by atoms with Crippen LogP contribution in [-0.2, 0) is 0 Å². The molecule has 0 bridgehead atoms. The van der Waals surface area contributed by atoms with E-state index in [0.717, 1.165) is 12.3 Å². The first-order chi connectivity index (χ1) is 14.4. The van der Waals surface area contributed by atoms with Crippen LogP contribution in [0, 0.1) is 39.4 Å². The number of fused-ring (bicyclic) bond motifs is 4. The number of rotatable bonds is 5. The smallest absolute Gasteiger partial charge is 0.0594 e. The lowest BCUT2D eigenvalue weighted by Gasteiger charge is -2.62. The fourth-order valence-electron chi connectivity index (χ4n) is 9.12. The molecule has 1 nitrogen and oxygen atoms in total. The Kier molecular flexibility index (Phi) is 5.90. The molecule has 4 aliphatic rings. The van der Waals surface area contributed by atoms with Gasteiger partial charge in [-0.3, -0.25) is 0 Å². The zero-order valence-electron chi connectivity index (χ0n) is 21.7. The van der Waals surface area contributed by atoms with Gasteiger partial charge in [-0.1, -0.05) is 71.8 Å². The van der Waals surface area contributed by atoms with Crippen LogP contribution >= 0.6 is 0 Å². The Hall–Kier alpha value is -0.560. The Morgan fingerprint density at radius 2 is 1.68 bits per heavy atom. The average molecular weight is 427 g/mol. The average Bonchev–Trinajstić information content (AvgIpc) is 2.96. The largest absolute Gasteiger partial charge is 0.393 e. The predicted molar refractivity (Wildman–Crippen MR) is 133 cm³/mol. The zero-order valence-corrected chi connectivity index (χ0v) is 21.7. The van der Waals surface area contributed by atoms with Crippen molar-refractivity contribution in [2.45, 2.75) is 125 Å². The summed E-state index contributed by atoms with van der Waals surface area (Å²) in [4.78, 5) is 0. The van der Waals surface area contributed by atoms with Gasteiger partial charge in [-0.15, -0.1) is 0 Å². The van der Waals surface area contributed by atoms with Crippen molar-refractivity contribution in [3.8, 4) is 0 Å². The fraction of sp³-hybridized carbons (Fsp3) is 0.867. The Bertz CT molecular complexity index is 756. The van der Waals surface area contributed by atoms with Crippen LogP contribution in [-0.4, -0.2) is 11.2 Å². The molecule has 0 saturated heterocycles. The summed E-state index contributed by atoms with van der Waals surface area (Å²) < 4.78 is 0. The van der Waals surface area contributed by atoms with E-state index in [0.29, 0.717) is 28.1 Å². The first kappa shape index (κ1) is 23.6. The molecule has 4 aliphatic carbocycles. The topological polar surface area (TPSA) is 20.2 Å². The molecule has 6 atom stereocenters. The molecule has 0 aliphatic heterocycles. The minimum Gasteiger partial charge on any atom is -0.393 e. The number of hydrogen-bond donors (Lipinski definition) is 1. The molecule has 2 saturated carbocycles. The normalized spacial score (nSPS) is 44.1. The third-order valence-electron chi connectivity index (χ3n) is 11.8. The molecule has 0 aromatic rings. The number of aliphatic hydroxyl groups excluding tert-OH is 1. The van der Waals surface area contributed by atoms with Gasteiger partial charge in [0.2, 0.25) is 0 Å². The standard InChI is InChI=1S/C30H50O/c1-20(2)21(3)10-9-11-22-14-18-30(8)24-12-13-25-27(4,5)26(31)16-17-28(25,6)23(24)15-19-29(22,30)7/h20,22,25-26,31H,3,9-19H2,1-2,4-8H3/t22?,25?,26-,28+,29+,30-/m0/s1. The van der Waals surface area contributed by atoms with Gasteiger partial charge < -0.3 is 5.11 Å². The van der Waals surface area contributed by atoms with Gasteiger partial charge in [-0.2, -0.15) is 0 Å². The minimum absolute atomic E-state index is 0.0458. The molecule has 1 N–H and O–H groups in total. The van der Waals surface area contributed by atoms with Crippen LogP contribution in [0.15, 0.2) is 23.3 Å². The highest BCUT2D eigenvalue weighted by Gasteiger charge is 2.62. The van der Waals surface area contributed by atoms with E-state index in [-0.39, 0.29) is 11.5 Å². The van der Waals surface area contributed by atoms with E-state index in [1.807, 2.05) is 11.1 Å². The van der Waals surface area contributed by atoms with Gasteiger partial charge in [0.15, 0.2) is 0 Å². The molecule has 2 unspecified atom stereocenters. The van der Waals surface area contributed by atoms with Gasteiger partial charge in [0.05, 0.1) is 6.10 Å². The van der Waals surface area contributed by atoms with Crippen molar-refractivity contribution in [1.29, 1.82) is 0 Å². The van der Waals surface area contributed by atoms with E-state index in [1.54, 1.807) is 0 Å². The first-order valence-electron chi connectivity index (χ1n) is 13.5. The summed E-state index contributed by atoms with van der Waals surface area (Å²) in [5.74, 6) is 2.14. The summed E-state index contributed by atoms with van der Waals surface area (Å²) in [5, 5.41) is 10.8. The highest BCUT2D eigenvalue weighted by molar-refractivity contribution is 5.38. The monoisotopic (exact) mass is 426 g/mol. The molecule has 0 heterocycles. The van der Waals surface area contributed by atoms with Crippen molar-refractivity contribution in [3.63, 3.8) is 0 Å². The van der Waals surface area contributed by atoms with Crippen molar-refractivity contribution in [3.05, 3.63) is 23.3 Å². The molecular formula is C30H50O. The van der Waals surface area contributed by atoms with Crippen molar-refractivity contribution in [1.82, 2.24) is 0 Å². The maximum absolute atomic E-state index is 10.8.